The van der Waals surface area contributed by atoms with Crippen molar-refractivity contribution in [2.45, 2.75) is 20.0 Å². The smallest absolute Gasteiger partial charge is 0.0928 e. The first-order valence-electron chi connectivity index (χ1n) is 3.30. The van der Waals surface area contributed by atoms with Crippen molar-refractivity contribution in [2.24, 2.45) is 7.05 Å². The Hall–Kier alpha value is -0.830. The van der Waals surface area contributed by atoms with Gasteiger partial charge in [0.2, 0.25) is 0 Å². The monoisotopic (exact) mass is 140 g/mol. The number of aliphatic hydroxyl groups excluding tert-OH is 1. The molecule has 0 amide bonds. The van der Waals surface area contributed by atoms with Crippen LogP contribution in [0.5, 0.6) is 0 Å². The summed E-state index contributed by atoms with van der Waals surface area (Å²) in [6.07, 6.45) is -0.425. The lowest BCUT2D eigenvalue weighted by atomic mass is 10.3. The maximum absolute atomic E-state index is 9.16. The van der Waals surface area contributed by atoms with E-state index in [1.165, 1.54) is 0 Å². The maximum atomic E-state index is 9.16. The number of nitrogens with zero attached hydrogens (tertiary/aromatic N) is 2. The van der Waals surface area contributed by atoms with Crippen molar-refractivity contribution in [3.05, 3.63) is 17.5 Å². The second-order valence-electron chi connectivity index (χ2n) is 2.51. The van der Waals surface area contributed by atoms with Gasteiger partial charge in [-0.2, -0.15) is 5.10 Å². The lowest BCUT2D eigenvalue weighted by Crippen LogP contribution is -2.01. The van der Waals surface area contributed by atoms with Crippen LogP contribution in [0.4, 0.5) is 0 Å². The Morgan fingerprint density at radius 2 is 2.30 bits per heavy atom. The van der Waals surface area contributed by atoms with Gasteiger partial charge in [-0.1, -0.05) is 0 Å². The van der Waals surface area contributed by atoms with Gasteiger partial charge in [0.05, 0.1) is 17.5 Å². The molecule has 1 N–H and O–H groups in total. The van der Waals surface area contributed by atoms with Gasteiger partial charge in [-0.3, -0.25) is 4.68 Å². The van der Waals surface area contributed by atoms with E-state index in [-0.39, 0.29) is 0 Å². The fourth-order valence-electron chi connectivity index (χ4n) is 1.02. The molecule has 0 aromatic carbocycles. The van der Waals surface area contributed by atoms with Crippen molar-refractivity contribution in [3.63, 3.8) is 0 Å². The molecule has 0 radical (unpaired) electrons. The highest BCUT2D eigenvalue weighted by atomic mass is 16.3. The number of aromatic nitrogens is 2. The van der Waals surface area contributed by atoms with Crippen molar-refractivity contribution in [1.29, 1.82) is 0 Å². The topological polar surface area (TPSA) is 38.0 Å². The third-order valence-corrected chi connectivity index (χ3v) is 1.47. The molecule has 3 heteroatoms. The molecule has 1 aromatic heterocycles. The number of aryl methyl sites for hydroxylation is 2. The van der Waals surface area contributed by atoms with E-state index in [0.717, 1.165) is 11.4 Å². The first-order valence-corrected chi connectivity index (χ1v) is 3.30. The molecule has 56 valence electrons. The van der Waals surface area contributed by atoms with E-state index < -0.39 is 6.10 Å². The summed E-state index contributed by atoms with van der Waals surface area (Å²) in [6, 6.07) is 1.88. The molecule has 0 fully saturated rings. The lowest BCUT2D eigenvalue weighted by molar-refractivity contribution is 0.189. The van der Waals surface area contributed by atoms with Gasteiger partial charge in [-0.15, -0.1) is 0 Å². The highest BCUT2D eigenvalue weighted by Gasteiger charge is 2.05. The summed E-state index contributed by atoms with van der Waals surface area (Å²) >= 11 is 0. The molecule has 0 aliphatic heterocycles. The highest BCUT2D eigenvalue weighted by molar-refractivity contribution is 5.10. The van der Waals surface area contributed by atoms with E-state index in [2.05, 4.69) is 5.10 Å². The third kappa shape index (κ3) is 1.19. The number of hydrogen-bond acceptors (Lipinski definition) is 2. The molecule has 0 bridgehead atoms. The SMILES string of the molecule is Cc1cc(C(C)O)n(C)n1. The average Bonchev–Trinajstić information content (AvgIpc) is 2.10. The van der Waals surface area contributed by atoms with Gasteiger partial charge in [-0.25, -0.2) is 0 Å². The predicted molar refractivity (Wildman–Crippen MR) is 38.6 cm³/mol. The van der Waals surface area contributed by atoms with Gasteiger partial charge in [0.15, 0.2) is 0 Å². The molecule has 1 heterocycles. The van der Waals surface area contributed by atoms with Crippen LogP contribution in [0.1, 0.15) is 24.4 Å². The Bertz CT molecular complexity index is 228. The summed E-state index contributed by atoms with van der Waals surface area (Å²) in [5.74, 6) is 0. The zero-order valence-corrected chi connectivity index (χ0v) is 6.50. The van der Waals surface area contributed by atoms with Crippen molar-refractivity contribution < 1.29 is 5.11 Å². The minimum atomic E-state index is -0.425. The highest BCUT2D eigenvalue weighted by Crippen LogP contribution is 2.11. The Morgan fingerprint density at radius 3 is 2.50 bits per heavy atom. The molecule has 0 aliphatic rings. The van der Waals surface area contributed by atoms with E-state index in [1.807, 2.05) is 20.0 Å². The molecule has 1 atom stereocenters. The van der Waals surface area contributed by atoms with E-state index >= 15 is 0 Å². The largest absolute Gasteiger partial charge is 0.387 e. The minimum Gasteiger partial charge on any atom is -0.387 e. The van der Waals surface area contributed by atoms with E-state index in [0.29, 0.717) is 0 Å². The van der Waals surface area contributed by atoms with Gasteiger partial charge < -0.3 is 5.11 Å². The van der Waals surface area contributed by atoms with Gasteiger partial charge in [0.25, 0.3) is 0 Å². The molecule has 3 nitrogen and oxygen atoms in total. The van der Waals surface area contributed by atoms with Crippen LogP contribution in [-0.2, 0) is 7.05 Å². The predicted octanol–water partition coefficient (Wildman–Crippen LogP) is 0.782. The van der Waals surface area contributed by atoms with Crippen LogP contribution in [0.3, 0.4) is 0 Å². The number of aliphatic hydroxyl groups is 1. The van der Waals surface area contributed by atoms with Gasteiger partial charge >= 0.3 is 0 Å². The third-order valence-electron chi connectivity index (χ3n) is 1.47. The van der Waals surface area contributed by atoms with Crippen LogP contribution in [0.15, 0.2) is 6.07 Å². The second kappa shape index (κ2) is 2.42. The van der Waals surface area contributed by atoms with E-state index in [1.54, 1.807) is 11.6 Å². The van der Waals surface area contributed by atoms with Gasteiger partial charge in [0, 0.05) is 7.05 Å². The van der Waals surface area contributed by atoms with Gasteiger partial charge in [0.1, 0.15) is 0 Å². The summed E-state index contributed by atoms with van der Waals surface area (Å²) in [6.45, 7) is 3.64. The molecule has 0 saturated heterocycles. The quantitative estimate of drug-likeness (QED) is 0.626. The Kier molecular flexibility index (Phi) is 1.76. The molecule has 1 unspecified atom stereocenters. The molecule has 0 aliphatic carbocycles. The van der Waals surface area contributed by atoms with Crippen molar-refractivity contribution in [2.75, 3.05) is 0 Å². The van der Waals surface area contributed by atoms with Crippen molar-refractivity contribution in [1.82, 2.24) is 9.78 Å². The van der Waals surface area contributed by atoms with Crippen LogP contribution in [0, 0.1) is 6.92 Å². The normalized spacial score (nSPS) is 13.6. The van der Waals surface area contributed by atoms with Crippen molar-refractivity contribution >= 4 is 0 Å². The van der Waals surface area contributed by atoms with Crippen LogP contribution in [0.2, 0.25) is 0 Å². The summed E-state index contributed by atoms with van der Waals surface area (Å²) < 4.78 is 1.69. The number of hydrogen-bond donors (Lipinski definition) is 1. The Labute approximate surface area is 60.3 Å². The van der Waals surface area contributed by atoms with Crippen LogP contribution in [0.25, 0.3) is 0 Å². The standard InChI is InChI=1S/C7H12N2O/c1-5-4-7(6(2)10)9(3)8-5/h4,6,10H,1-3H3. The number of rotatable bonds is 1. The minimum absolute atomic E-state index is 0.425. The summed E-state index contributed by atoms with van der Waals surface area (Å²) in [5.41, 5.74) is 1.80. The molecular weight excluding hydrogens is 128 g/mol. The summed E-state index contributed by atoms with van der Waals surface area (Å²) in [7, 11) is 1.83. The first-order chi connectivity index (χ1) is 4.61. The fourth-order valence-corrected chi connectivity index (χ4v) is 1.02. The molecule has 0 spiro atoms. The van der Waals surface area contributed by atoms with E-state index in [4.69, 9.17) is 5.11 Å². The molecular formula is C7H12N2O. The molecule has 1 rings (SSSR count). The maximum Gasteiger partial charge on any atom is 0.0928 e. The van der Waals surface area contributed by atoms with Gasteiger partial charge in [-0.05, 0) is 19.9 Å². The summed E-state index contributed by atoms with van der Waals surface area (Å²) in [5, 5.41) is 13.2. The van der Waals surface area contributed by atoms with Crippen LogP contribution >= 0.6 is 0 Å². The average molecular weight is 140 g/mol. The Morgan fingerprint density at radius 1 is 1.70 bits per heavy atom. The lowest BCUT2D eigenvalue weighted by Gasteiger charge is -2.02. The van der Waals surface area contributed by atoms with Crippen molar-refractivity contribution in [3.8, 4) is 0 Å². The molecule has 10 heavy (non-hydrogen) atoms. The zero-order chi connectivity index (χ0) is 7.72. The molecule has 1 aromatic rings. The van der Waals surface area contributed by atoms with Crippen LogP contribution < -0.4 is 0 Å². The molecule has 0 saturated carbocycles. The summed E-state index contributed by atoms with van der Waals surface area (Å²) in [4.78, 5) is 0. The van der Waals surface area contributed by atoms with Crippen LogP contribution in [-0.4, -0.2) is 14.9 Å². The zero-order valence-electron chi connectivity index (χ0n) is 6.50. The van der Waals surface area contributed by atoms with E-state index in [9.17, 15) is 0 Å². The second-order valence-corrected chi connectivity index (χ2v) is 2.51. The first kappa shape index (κ1) is 7.28. The Balaban J connectivity index is 3.03. The fraction of sp³-hybridized carbons (Fsp3) is 0.571.